The third-order valence-corrected chi connectivity index (χ3v) is 4.03. The van der Waals surface area contributed by atoms with Crippen molar-refractivity contribution in [3.05, 3.63) is 88.9 Å². The molecule has 1 amide bonds. The fourth-order valence-electron chi connectivity index (χ4n) is 2.19. The molecule has 3 rings (SSSR count). The Kier molecular flexibility index (Phi) is 6.17. The van der Waals surface area contributed by atoms with Gasteiger partial charge >= 0.3 is 0 Å². The summed E-state index contributed by atoms with van der Waals surface area (Å²) in [4.78, 5) is 16.3. The van der Waals surface area contributed by atoms with E-state index in [1.165, 1.54) is 0 Å². The number of nitrogens with one attached hydrogen (secondary N) is 1. The van der Waals surface area contributed by atoms with Gasteiger partial charge in [0, 0.05) is 16.4 Å². The lowest BCUT2D eigenvalue weighted by Crippen LogP contribution is -2.20. The monoisotopic (exact) mass is 408 g/mol. The van der Waals surface area contributed by atoms with Crippen LogP contribution in [0.3, 0.4) is 0 Å². The Morgan fingerprint density at radius 1 is 0.962 bits per heavy atom. The van der Waals surface area contributed by atoms with E-state index in [9.17, 15) is 4.79 Å². The van der Waals surface area contributed by atoms with Crippen molar-refractivity contribution in [2.24, 2.45) is 4.99 Å². The summed E-state index contributed by atoms with van der Waals surface area (Å²) in [5, 5.41) is 2.78. The topological polar surface area (TPSA) is 50.7 Å². The minimum atomic E-state index is -0.197. The zero-order chi connectivity index (χ0) is 18.2. The molecule has 0 saturated carbocycles. The summed E-state index contributed by atoms with van der Waals surface area (Å²) < 4.78 is 6.53. The van der Waals surface area contributed by atoms with Crippen molar-refractivity contribution in [3.63, 3.8) is 0 Å². The number of hydrogen-bond acceptors (Lipinski definition) is 3. The third-order valence-electron chi connectivity index (χ3n) is 3.50. The predicted molar refractivity (Wildman–Crippen MR) is 108 cm³/mol. The number of anilines is 1. The van der Waals surface area contributed by atoms with Gasteiger partial charge in [-0.3, -0.25) is 9.79 Å². The lowest BCUT2D eigenvalue weighted by Gasteiger charge is -2.07. The Morgan fingerprint density at radius 2 is 1.65 bits per heavy atom. The standard InChI is InChI=1S/C21H17BrN2O2/c22-17-8-10-18(11-9-17)23-14-16-6-12-20(13-7-16)26-15-21(25)24-19-4-2-1-3-5-19/h1-14H,15H2,(H,24,25). The van der Waals surface area contributed by atoms with E-state index in [1.54, 1.807) is 6.21 Å². The van der Waals surface area contributed by atoms with Crippen molar-refractivity contribution in [1.82, 2.24) is 0 Å². The second-order valence-corrected chi connectivity index (χ2v) is 6.42. The van der Waals surface area contributed by atoms with Crippen LogP contribution in [-0.4, -0.2) is 18.7 Å². The van der Waals surface area contributed by atoms with Gasteiger partial charge in [-0.1, -0.05) is 34.1 Å². The van der Waals surface area contributed by atoms with Crippen LogP contribution >= 0.6 is 15.9 Å². The van der Waals surface area contributed by atoms with Crippen LogP contribution in [0.15, 0.2) is 88.3 Å². The van der Waals surface area contributed by atoms with Gasteiger partial charge in [0.25, 0.3) is 5.91 Å². The molecule has 0 radical (unpaired) electrons. The van der Waals surface area contributed by atoms with Crippen LogP contribution < -0.4 is 10.1 Å². The summed E-state index contributed by atoms with van der Waals surface area (Å²) in [6.07, 6.45) is 1.79. The summed E-state index contributed by atoms with van der Waals surface area (Å²) in [6.45, 7) is -0.0405. The Morgan fingerprint density at radius 3 is 2.35 bits per heavy atom. The molecule has 5 heteroatoms. The molecule has 3 aromatic carbocycles. The van der Waals surface area contributed by atoms with E-state index in [0.29, 0.717) is 5.75 Å². The molecule has 0 bridgehead atoms. The third kappa shape index (κ3) is 5.57. The van der Waals surface area contributed by atoms with E-state index >= 15 is 0 Å². The number of hydrogen-bond donors (Lipinski definition) is 1. The van der Waals surface area contributed by atoms with Crippen molar-refractivity contribution >= 4 is 39.4 Å². The predicted octanol–water partition coefficient (Wildman–Crippen LogP) is 5.22. The molecule has 4 nitrogen and oxygen atoms in total. The fraction of sp³-hybridized carbons (Fsp3) is 0.0476. The number of carbonyl (C=O) groups excluding carboxylic acids is 1. The highest BCUT2D eigenvalue weighted by molar-refractivity contribution is 9.10. The zero-order valence-corrected chi connectivity index (χ0v) is 15.5. The van der Waals surface area contributed by atoms with E-state index in [-0.39, 0.29) is 12.5 Å². The normalized spacial score (nSPS) is 10.7. The van der Waals surface area contributed by atoms with Gasteiger partial charge in [0.05, 0.1) is 5.69 Å². The van der Waals surface area contributed by atoms with Gasteiger partial charge < -0.3 is 10.1 Å². The van der Waals surface area contributed by atoms with Gasteiger partial charge in [0.15, 0.2) is 6.61 Å². The first kappa shape index (κ1) is 17.9. The van der Waals surface area contributed by atoms with Crippen LogP contribution in [0.2, 0.25) is 0 Å². The fourth-order valence-corrected chi connectivity index (χ4v) is 2.46. The summed E-state index contributed by atoms with van der Waals surface area (Å²) in [5.74, 6) is 0.436. The average molecular weight is 409 g/mol. The van der Waals surface area contributed by atoms with Crippen molar-refractivity contribution in [1.29, 1.82) is 0 Å². The maximum Gasteiger partial charge on any atom is 0.262 e. The summed E-state index contributed by atoms with van der Waals surface area (Å²) >= 11 is 3.40. The minimum absolute atomic E-state index is 0.0405. The van der Waals surface area contributed by atoms with Crippen molar-refractivity contribution < 1.29 is 9.53 Å². The Hall–Kier alpha value is -2.92. The maximum atomic E-state index is 11.9. The number of rotatable bonds is 6. The van der Waals surface area contributed by atoms with Gasteiger partial charge in [-0.05, 0) is 66.2 Å². The maximum absolute atomic E-state index is 11.9. The second-order valence-electron chi connectivity index (χ2n) is 5.51. The van der Waals surface area contributed by atoms with Crippen molar-refractivity contribution in [2.45, 2.75) is 0 Å². The quantitative estimate of drug-likeness (QED) is 0.568. The molecular weight excluding hydrogens is 392 g/mol. The Labute approximate surface area is 160 Å². The lowest BCUT2D eigenvalue weighted by atomic mass is 10.2. The zero-order valence-electron chi connectivity index (χ0n) is 13.9. The highest BCUT2D eigenvalue weighted by Crippen LogP contribution is 2.17. The van der Waals surface area contributed by atoms with E-state index in [2.05, 4.69) is 26.2 Å². The molecule has 130 valence electrons. The Bertz CT molecular complexity index is 876. The number of para-hydroxylation sites is 1. The molecule has 0 unspecified atom stereocenters. The van der Waals surface area contributed by atoms with Crippen LogP contribution in [0.4, 0.5) is 11.4 Å². The van der Waals surface area contributed by atoms with Gasteiger partial charge in [-0.15, -0.1) is 0 Å². The molecule has 0 fully saturated rings. The van der Waals surface area contributed by atoms with Crippen LogP contribution in [0, 0.1) is 0 Å². The smallest absolute Gasteiger partial charge is 0.262 e. The molecule has 0 spiro atoms. The molecule has 0 aromatic heterocycles. The summed E-state index contributed by atoms with van der Waals surface area (Å²) in [7, 11) is 0. The molecule has 0 heterocycles. The highest BCUT2D eigenvalue weighted by atomic mass is 79.9. The van der Waals surface area contributed by atoms with Gasteiger partial charge in [-0.25, -0.2) is 0 Å². The number of aliphatic imine (C=N–C) groups is 1. The molecule has 3 aromatic rings. The molecule has 1 N–H and O–H groups in total. The SMILES string of the molecule is O=C(COc1ccc(C=Nc2ccc(Br)cc2)cc1)Nc1ccccc1. The number of carbonyl (C=O) groups is 1. The lowest BCUT2D eigenvalue weighted by molar-refractivity contribution is -0.118. The Balaban J connectivity index is 1.51. The van der Waals surface area contributed by atoms with Crippen LogP contribution in [-0.2, 0) is 4.79 Å². The largest absolute Gasteiger partial charge is 0.484 e. The average Bonchev–Trinajstić information content (AvgIpc) is 2.67. The molecule has 0 aliphatic heterocycles. The van der Waals surface area contributed by atoms with Crippen molar-refractivity contribution in [3.8, 4) is 5.75 Å². The summed E-state index contributed by atoms with van der Waals surface area (Å²) in [5.41, 5.74) is 2.58. The minimum Gasteiger partial charge on any atom is -0.484 e. The first-order chi connectivity index (χ1) is 12.7. The van der Waals surface area contributed by atoms with Gasteiger partial charge in [0.1, 0.15) is 5.75 Å². The number of ether oxygens (including phenoxy) is 1. The van der Waals surface area contributed by atoms with E-state index < -0.39 is 0 Å². The van der Waals surface area contributed by atoms with Gasteiger partial charge in [0.2, 0.25) is 0 Å². The second kappa shape index (κ2) is 8.97. The van der Waals surface area contributed by atoms with Crippen molar-refractivity contribution in [2.75, 3.05) is 11.9 Å². The van der Waals surface area contributed by atoms with E-state index in [4.69, 9.17) is 4.74 Å². The van der Waals surface area contributed by atoms with Crippen LogP contribution in [0.5, 0.6) is 5.75 Å². The van der Waals surface area contributed by atoms with Crippen LogP contribution in [0.1, 0.15) is 5.56 Å². The van der Waals surface area contributed by atoms with E-state index in [0.717, 1.165) is 21.4 Å². The molecular formula is C21H17BrN2O2. The van der Waals surface area contributed by atoms with E-state index in [1.807, 2.05) is 78.9 Å². The molecule has 0 atom stereocenters. The first-order valence-corrected chi connectivity index (χ1v) is 8.86. The number of amides is 1. The first-order valence-electron chi connectivity index (χ1n) is 8.06. The summed E-state index contributed by atoms with van der Waals surface area (Å²) in [6, 6.07) is 24.5. The van der Waals surface area contributed by atoms with Gasteiger partial charge in [-0.2, -0.15) is 0 Å². The molecule has 0 aliphatic carbocycles. The number of halogens is 1. The highest BCUT2D eigenvalue weighted by Gasteiger charge is 2.03. The number of nitrogens with zero attached hydrogens (tertiary/aromatic N) is 1. The van der Waals surface area contributed by atoms with Crippen LogP contribution in [0.25, 0.3) is 0 Å². The molecule has 0 saturated heterocycles. The molecule has 0 aliphatic rings. The number of benzene rings is 3. The molecule has 26 heavy (non-hydrogen) atoms.